The van der Waals surface area contributed by atoms with Crippen molar-refractivity contribution in [3.05, 3.63) is 0 Å². The molecule has 8 heteroatoms. The molecular formula is C10H20N2O5S. The van der Waals surface area contributed by atoms with E-state index in [0.717, 1.165) is 4.31 Å². The third-order valence-corrected chi connectivity index (χ3v) is 5.17. The Morgan fingerprint density at radius 2 is 1.33 bits per heavy atom. The molecular weight excluding hydrogens is 260 g/mol. The van der Waals surface area contributed by atoms with E-state index >= 15 is 0 Å². The Morgan fingerprint density at radius 1 is 0.944 bits per heavy atom. The summed E-state index contributed by atoms with van der Waals surface area (Å²) in [7, 11) is -3.63. The lowest BCUT2D eigenvalue weighted by Crippen LogP contribution is -2.52. The maximum absolute atomic E-state index is 12.3. The van der Waals surface area contributed by atoms with E-state index in [1.807, 2.05) is 13.8 Å². The van der Waals surface area contributed by atoms with Crippen molar-refractivity contribution in [3.63, 3.8) is 0 Å². The van der Waals surface area contributed by atoms with Crippen LogP contribution in [0, 0.1) is 0 Å². The van der Waals surface area contributed by atoms with E-state index in [0.29, 0.717) is 13.1 Å². The van der Waals surface area contributed by atoms with Crippen molar-refractivity contribution < 1.29 is 23.4 Å². The number of nitrogens with zero attached hydrogens (tertiary/aromatic N) is 2. The van der Waals surface area contributed by atoms with Gasteiger partial charge in [-0.3, -0.25) is 0 Å². The molecule has 0 saturated carbocycles. The fourth-order valence-electron chi connectivity index (χ4n) is 2.41. The first kappa shape index (κ1) is 14.2. The first-order valence-electron chi connectivity index (χ1n) is 6.07. The minimum absolute atomic E-state index is 0.0520. The largest absolute Gasteiger partial charge is 0.389 e. The summed E-state index contributed by atoms with van der Waals surface area (Å²) in [5.41, 5.74) is 0. The van der Waals surface area contributed by atoms with Crippen LogP contribution in [0.2, 0.25) is 0 Å². The second-order valence-corrected chi connectivity index (χ2v) is 6.96. The molecule has 2 saturated heterocycles. The van der Waals surface area contributed by atoms with Gasteiger partial charge in [-0.15, -0.1) is 0 Å². The van der Waals surface area contributed by atoms with Crippen LogP contribution in [0.3, 0.4) is 0 Å². The van der Waals surface area contributed by atoms with Gasteiger partial charge < -0.3 is 14.9 Å². The molecule has 4 atom stereocenters. The van der Waals surface area contributed by atoms with E-state index < -0.39 is 22.4 Å². The van der Waals surface area contributed by atoms with Gasteiger partial charge in [0.2, 0.25) is 0 Å². The molecule has 2 unspecified atom stereocenters. The molecule has 0 spiro atoms. The molecule has 0 bridgehead atoms. The molecule has 0 aliphatic carbocycles. The van der Waals surface area contributed by atoms with Crippen molar-refractivity contribution in [2.75, 3.05) is 26.2 Å². The number of hydrogen-bond donors (Lipinski definition) is 2. The van der Waals surface area contributed by atoms with Gasteiger partial charge in [0.15, 0.2) is 0 Å². The lowest BCUT2D eigenvalue weighted by molar-refractivity contribution is -0.0453. The van der Waals surface area contributed by atoms with Crippen LogP contribution < -0.4 is 0 Å². The number of ether oxygens (including phenoxy) is 1. The van der Waals surface area contributed by atoms with Gasteiger partial charge in [-0.05, 0) is 13.8 Å². The standard InChI is InChI=1S/C10H20N2O5S/c1-7-3-11(4-8(2)17-7)18(15,16)12-5-9(13)10(14)6-12/h7-10,13-14H,3-6H2,1-2H3/t7?,8?,9-,10+. The summed E-state index contributed by atoms with van der Waals surface area (Å²) in [6.45, 7) is 4.15. The number of morpholine rings is 1. The average molecular weight is 280 g/mol. The maximum atomic E-state index is 12.3. The molecule has 0 amide bonds. The van der Waals surface area contributed by atoms with Crippen molar-refractivity contribution in [2.45, 2.75) is 38.3 Å². The van der Waals surface area contributed by atoms with Crippen molar-refractivity contribution in [1.82, 2.24) is 8.61 Å². The van der Waals surface area contributed by atoms with Gasteiger partial charge in [0.05, 0.1) is 24.4 Å². The highest BCUT2D eigenvalue weighted by atomic mass is 32.2. The van der Waals surface area contributed by atoms with E-state index in [1.165, 1.54) is 4.31 Å². The Hall–Kier alpha value is -0.250. The molecule has 0 aromatic carbocycles. The predicted molar refractivity (Wildman–Crippen MR) is 64.1 cm³/mol. The number of rotatable bonds is 2. The molecule has 7 nitrogen and oxygen atoms in total. The molecule has 0 radical (unpaired) electrons. The number of aliphatic hydroxyl groups excluding tert-OH is 2. The Kier molecular flexibility index (Phi) is 3.96. The van der Waals surface area contributed by atoms with Gasteiger partial charge in [-0.1, -0.05) is 0 Å². The van der Waals surface area contributed by atoms with Gasteiger partial charge in [-0.25, -0.2) is 0 Å². The molecule has 2 aliphatic rings. The first-order chi connectivity index (χ1) is 8.30. The Bertz CT molecular complexity index is 381. The first-order valence-corrected chi connectivity index (χ1v) is 7.47. The van der Waals surface area contributed by atoms with E-state index in [9.17, 15) is 18.6 Å². The zero-order valence-corrected chi connectivity index (χ0v) is 11.4. The SMILES string of the molecule is CC1CN(S(=O)(=O)N2C[C@@H](O)[C@@H](O)C2)CC(C)O1. The number of hydrogen-bond acceptors (Lipinski definition) is 5. The minimum atomic E-state index is -3.63. The predicted octanol–water partition coefficient (Wildman–Crippen LogP) is -1.62. The zero-order chi connectivity index (χ0) is 13.5. The second-order valence-electron chi connectivity index (χ2n) is 5.03. The summed E-state index contributed by atoms with van der Waals surface area (Å²) in [5, 5.41) is 18.9. The van der Waals surface area contributed by atoms with E-state index in [-0.39, 0.29) is 25.3 Å². The zero-order valence-electron chi connectivity index (χ0n) is 10.6. The van der Waals surface area contributed by atoms with Crippen LogP contribution in [-0.4, -0.2) is 77.8 Å². The molecule has 2 rings (SSSR count). The summed E-state index contributed by atoms with van der Waals surface area (Å²) in [6, 6.07) is 0. The lowest BCUT2D eigenvalue weighted by atomic mass is 10.3. The normalized spacial score (nSPS) is 40.2. The topological polar surface area (TPSA) is 90.3 Å². The summed E-state index contributed by atoms with van der Waals surface area (Å²) in [6.07, 6.45) is -2.31. The summed E-state index contributed by atoms with van der Waals surface area (Å²) in [5.74, 6) is 0. The van der Waals surface area contributed by atoms with Crippen LogP contribution in [0.1, 0.15) is 13.8 Å². The van der Waals surface area contributed by atoms with Gasteiger partial charge >= 0.3 is 0 Å². The van der Waals surface area contributed by atoms with Crippen LogP contribution >= 0.6 is 0 Å². The van der Waals surface area contributed by atoms with Crippen LogP contribution in [0.5, 0.6) is 0 Å². The summed E-state index contributed by atoms with van der Waals surface area (Å²) in [4.78, 5) is 0. The van der Waals surface area contributed by atoms with Crippen molar-refractivity contribution in [2.24, 2.45) is 0 Å². The van der Waals surface area contributed by atoms with Gasteiger partial charge in [0.1, 0.15) is 0 Å². The van der Waals surface area contributed by atoms with Crippen molar-refractivity contribution in [3.8, 4) is 0 Å². The molecule has 2 heterocycles. The highest BCUT2D eigenvalue weighted by Crippen LogP contribution is 2.21. The van der Waals surface area contributed by atoms with Crippen LogP contribution in [-0.2, 0) is 14.9 Å². The molecule has 0 aromatic rings. The van der Waals surface area contributed by atoms with Crippen molar-refractivity contribution in [1.29, 1.82) is 0 Å². The molecule has 0 aromatic heterocycles. The van der Waals surface area contributed by atoms with Crippen LogP contribution in [0.15, 0.2) is 0 Å². The molecule has 2 aliphatic heterocycles. The van der Waals surface area contributed by atoms with Gasteiger partial charge in [-0.2, -0.15) is 17.0 Å². The second kappa shape index (κ2) is 5.03. The van der Waals surface area contributed by atoms with Crippen LogP contribution in [0.25, 0.3) is 0 Å². The van der Waals surface area contributed by atoms with Crippen molar-refractivity contribution >= 4 is 10.2 Å². The van der Waals surface area contributed by atoms with Gasteiger partial charge in [0, 0.05) is 26.2 Å². The molecule has 18 heavy (non-hydrogen) atoms. The third-order valence-electron chi connectivity index (χ3n) is 3.26. The molecule has 106 valence electrons. The molecule has 2 fully saturated rings. The highest BCUT2D eigenvalue weighted by molar-refractivity contribution is 7.86. The number of β-amino-alcohol motifs (C(OH)–C–C–N with tert-alkyl or cyclic N) is 2. The fraction of sp³-hybridized carbons (Fsp3) is 1.00. The van der Waals surface area contributed by atoms with Gasteiger partial charge in [0.25, 0.3) is 10.2 Å². The molecule has 2 N–H and O–H groups in total. The Morgan fingerprint density at radius 3 is 1.78 bits per heavy atom. The Balaban J connectivity index is 2.11. The summed E-state index contributed by atoms with van der Waals surface area (Å²) >= 11 is 0. The fourth-order valence-corrected chi connectivity index (χ4v) is 4.21. The van der Waals surface area contributed by atoms with Crippen LogP contribution in [0.4, 0.5) is 0 Å². The minimum Gasteiger partial charge on any atom is -0.389 e. The highest BCUT2D eigenvalue weighted by Gasteiger charge is 2.41. The smallest absolute Gasteiger partial charge is 0.282 e. The summed E-state index contributed by atoms with van der Waals surface area (Å²) < 4.78 is 32.7. The number of aliphatic hydroxyl groups is 2. The quantitative estimate of drug-likeness (QED) is 0.634. The monoisotopic (exact) mass is 280 g/mol. The van der Waals surface area contributed by atoms with E-state index in [4.69, 9.17) is 4.74 Å². The third kappa shape index (κ3) is 2.68. The maximum Gasteiger partial charge on any atom is 0.282 e. The van der Waals surface area contributed by atoms with E-state index in [1.54, 1.807) is 0 Å². The lowest BCUT2D eigenvalue weighted by Gasteiger charge is -2.36. The average Bonchev–Trinajstić information content (AvgIpc) is 2.58. The van der Waals surface area contributed by atoms with E-state index in [2.05, 4.69) is 0 Å². The Labute approximate surface area is 107 Å².